The van der Waals surface area contributed by atoms with Crippen molar-refractivity contribution in [1.82, 2.24) is 0 Å². The molecule has 4 rings (SSSR count). The molecule has 0 radical (unpaired) electrons. The number of alkyl halides is 5. The average Bonchev–Trinajstić information content (AvgIpc) is 3.22. The van der Waals surface area contributed by atoms with Gasteiger partial charge in [0, 0.05) is 19.3 Å². The number of carbonyl (C=O) groups excluding carboxylic acids is 1. The van der Waals surface area contributed by atoms with Gasteiger partial charge in [-0.15, -0.1) is 0 Å². The Kier molecular flexibility index (Phi) is 11.8. The van der Waals surface area contributed by atoms with E-state index in [1.165, 1.54) is 69.5 Å². The lowest BCUT2D eigenvalue weighted by molar-refractivity contribution is -0.284. The van der Waals surface area contributed by atoms with E-state index in [0.29, 0.717) is 41.1 Å². The first kappa shape index (κ1) is 34.5. The lowest BCUT2D eigenvalue weighted by Crippen LogP contribution is -2.57. The molecule has 244 valence electrons. The lowest BCUT2D eigenvalue weighted by Gasteiger charge is -2.62. The SMILES string of the molecule is C[C@]12CCC(=O)C[C@@H]1CC[C@@H]1[C@@H]2[C@@H](CCCCCCCCCCSCCCC(F)(F)C(F)(F)F)C[C@]2(C)[C@@H](O)CC[C@@H]12. The van der Waals surface area contributed by atoms with Crippen molar-refractivity contribution >= 4 is 17.5 Å². The Balaban J connectivity index is 1.12. The maximum atomic E-state index is 12.9. The number of hydrogen-bond donors (Lipinski definition) is 1. The van der Waals surface area contributed by atoms with E-state index in [2.05, 4.69) is 13.8 Å². The molecule has 0 amide bonds. The largest absolute Gasteiger partial charge is 0.453 e. The molecule has 4 aliphatic rings. The Morgan fingerprint density at radius 2 is 1.48 bits per heavy atom. The van der Waals surface area contributed by atoms with Crippen molar-refractivity contribution in [3.05, 3.63) is 0 Å². The summed E-state index contributed by atoms with van der Waals surface area (Å²) in [6.45, 7) is 4.90. The van der Waals surface area contributed by atoms with Crippen LogP contribution in [0.3, 0.4) is 0 Å². The summed E-state index contributed by atoms with van der Waals surface area (Å²) in [4.78, 5) is 12.4. The number of carbonyl (C=O) groups is 1. The van der Waals surface area contributed by atoms with Gasteiger partial charge in [0.1, 0.15) is 5.78 Å². The van der Waals surface area contributed by atoms with Gasteiger partial charge < -0.3 is 5.11 Å². The number of ketones is 1. The molecule has 0 saturated heterocycles. The van der Waals surface area contributed by atoms with Gasteiger partial charge in [0.2, 0.25) is 0 Å². The number of halogens is 5. The van der Waals surface area contributed by atoms with Crippen LogP contribution in [0.4, 0.5) is 22.0 Å². The van der Waals surface area contributed by atoms with Crippen molar-refractivity contribution < 1.29 is 31.9 Å². The molecule has 2 nitrogen and oxygen atoms in total. The van der Waals surface area contributed by atoms with Crippen molar-refractivity contribution in [3.63, 3.8) is 0 Å². The minimum Gasteiger partial charge on any atom is -0.393 e. The highest BCUT2D eigenvalue weighted by Crippen LogP contribution is 2.68. The van der Waals surface area contributed by atoms with E-state index in [4.69, 9.17) is 0 Å². The van der Waals surface area contributed by atoms with Gasteiger partial charge in [0.25, 0.3) is 0 Å². The molecular weight excluding hydrogens is 567 g/mol. The molecule has 1 N–H and O–H groups in total. The van der Waals surface area contributed by atoms with E-state index in [1.54, 1.807) is 0 Å². The van der Waals surface area contributed by atoms with E-state index in [9.17, 15) is 31.9 Å². The third-order valence-corrected chi connectivity index (χ3v) is 13.5. The first-order chi connectivity index (χ1) is 19.8. The van der Waals surface area contributed by atoms with Crippen molar-refractivity contribution in [2.24, 2.45) is 40.4 Å². The molecule has 4 aliphatic carbocycles. The second-order valence-corrected chi connectivity index (χ2v) is 16.1. The molecule has 4 fully saturated rings. The van der Waals surface area contributed by atoms with Gasteiger partial charge in [-0.2, -0.15) is 33.7 Å². The summed E-state index contributed by atoms with van der Waals surface area (Å²) < 4.78 is 62.4. The van der Waals surface area contributed by atoms with Crippen molar-refractivity contribution in [3.8, 4) is 0 Å². The van der Waals surface area contributed by atoms with E-state index < -0.39 is 18.5 Å². The molecule has 4 saturated carbocycles. The summed E-state index contributed by atoms with van der Waals surface area (Å²) in [5.41, 5.74) is 0.342. The Morgan fingerprint density at radius 3 is 2.17 bits per heavy atom. The predicted octanol–water partition coefficient (Wildman–Crippen LogP) is 10.4. The van der Waals surface area contributed by atoms with Gasteiger partial charge in [-0.3, -0.25) is 4.79 Å². The third-order valence-electron chi connectivity index (χ3n) is 12.3. The summed E-state index contributed by atoms with van der Waals surface area (Å²) in [7, 11) is 0. The van der Waals surface area contributed by atoms with E-state index in [-0.39, 0.29) is 23.4 Å². The average molecular weight is 623 g/mol. The highest BCUT2D eigenvalue weighted by atomic mass is 32.2. The molecule has 8 heteroatoms. The van der Waals surface area contributed by atoms with Crippen LogP contribution in [-0.2, 0) is 4.79 Å². The fraction of sp³-hybridized carbons (Fsp3) is 0.971. The van der Waals surface area contributed by atoms with Gasteiger partial charge in [-0.1, -0.05) is 65.2 Å². The summed E-state index contributed by atoms with van der Waals surface area (Å²) in [6, 6.07) is 0. The van der Waals surface area contributed by atoms with Crippen LogP contribution in [0.5, 0.6) is 0 Å². The molecule has 0 unspecified atom stereocenters. The highest BCUT2D eigenvalue weighted by molar-refractivity contribution is 7.99. The van der Waals surface area contributed by atoms with Crippen LogP contribution in [0.2, 0.25) is 0 Å². The zero-order chi connectivity index (χ0) is 30.6. The number of aliphatic hydroxyl groups excluding tert-OH is 1. The van der Waals surface area contributed by atoms with Gasteiger partial charge in [-0.05, 0) is 103 Å². The minimum absolute atomic E-state index is 0.0615. The number of rotatable bonds is 15. The third kappa shape index (κ3) is 7.70. The molecule has 8 atom stereocenters. The maximum Gasteiger partial charge on any atom is 0.453 e. The van der Waals surface area contributed by atoms with Crippen molar-refractivity contribution in [1.29, 1.82) is 0 Å². The monoisotopic (exact) mass is 622 g/mol. The number of fused-ring (bicyclic) bond motifs is 5. The first-order valence-corrected chi connectivity index (χ1v) is 18.2. The van der Waals surface area contributed by atoms with Gasteiger partial charge in [0.05, 0.1) is 6.10 Å². The standard InChI is InChI=1S/C34H55F5O2S/c1-31-19-17-26(40)22-25(31)13-14-27-28-15-16-29(41)32(28,2)23-24(30(27)31)12-9-7-5-3-4-6-8-10-20-42-21-11-18-33(35,36)34(37,38)39/h24-25,27-30,41H,3-23H2,1-2H3/t24-,25-,27-,28-,29-,30-,31-,32-/m0/s1. The van der Waals surface area contributed by atoms with Crippen LogP contribution in [0.25, 0.3) is 0 Å². The van der Waals surface area contributed by atoms with Crippen LogP contribution >= 0.6 is 11.8 Å². The molecule has 0 aromatic heterocycles. The lowest BCUT2D eigenvalue weighted by atomic mass is 9.42. The molecule has 0 bridgehead atoms. The van der Waals surface area contributed by atoms with Gasteiger partial charge in [-0.25, -0.2) is 0 Å². The number of Topliss-reactive ketones (excluding diaryl/α,β-unsaturated/α-hetero) is 1. The van der Waals surface area contributed by atoms with E-state index >= 15 is 0 Å². The summed E-state index contributed by atoms with van der Waals surface area (Å²) in [6.07, 6.45) is 12.1. The second-order valence-electron chi connectivity index (χ2n) is 14.9. The van der Waals surface area contributed by atoms with Crippen LogP contribution in [0.1, 0.15) is 136 Å². The Hall–Kier alpha value is -0.370. The molecule has 0 aromatic carbocycles. The molecule has 0 heterocycles. The minimum atomic E-state index is -5.44. The Morgan fingerprint density at radius 1 is 0.833 bits per heavy atom. The van der Waals surface area contributed by atoms with Crippen LogP contribution in [0.15, 0.2) is 0 Å². The molecule has 42 heavy (non-hydrogen) atoms. The number of unbranched alkanes of at least 4 members (excludes halogenated alkanes) is 7. The van der Waals surface area contributed by atoms with Crippen molar-refractivity contribution in [2.45, 2.75) is 154 Å². The Labute approximate surface area is 255 Å². The molecule has 0 aromatic rings. The topological polar surface area (TPSA) is 37.3 Å². The fourth-order valence-electron chi connectivity index (χ4n) is 10.0. The maximum absolute atomic E-state index is 12.9. The van der Waals surface area contributed by atoms with E-state index in [0.717, 1.165) is 57.1 Å². The van der Waals surface area contributed by atoms with Gasteiger partial charge in [0.15, 0.2) is 0 Å². The van der Waals surface area contributed by atoms with Crippen LogP contribution in [-0.4, -0.2) is 40.6 Å². The number of aliphatic hydroxyl groups is 1. The zero-order valence-electron chi connectivity index (χ0n) is 26.0. The normalized spacial score (nSPS) is 36.9. The Bertz CT molecular complexity index is 880. The second kappa shape index (κ2) is 14.4. The van der Waals surface area contributed by atoms with Crippen molar-refractivity contribution in [2.75, 3.05) is 11.5 Å². The highest BCUT2D eigenvalue weighted by Gasteiger charge is 2.62. The fourth-order valence-corrected chi connectivity index (χ4v) is 11.0. The van der Waals surface area contributed by atoms with Crippen LogP contribution < -0.4 is 0 Å². The molecular formula is C34H55F5O2S. The first-order valence-electron chi connectivity index (χ1n) is 17.0. The van der Waals surface area contributed by atoms with E-state index in [1.807, 2.05) is 0 Å². The summed E-state index contributed by atoms with van der Waals surface area (Å²) in [5, 5.41) is 11.1. The zero-order valence-corrected chi connectivity index (χ0v) is 26.8. The van der Waals surface area contributed by atoms with Gasteiger partial charge >= 0.3 is 12.1 Å². The summed E-state index contributed by atoms with van der Waals surface area (Å²) in [5.74, 6) is 0.329. The molecule has 0 spiro atoms. The smallest absolute Gasteiger partial charge is 0.393 e. The summed E-state index contributed by atoms with van der Waals surface area (Å²) >= 11 is 1.48. The number of hydrogen-bond acceptors (Lipinski definition) is 3. The van der Waals surface area contributed by atoms with Crippen LogP contribution in [0, 0.1) is 40.4 Å². The predicted molar refractivity (Wildman–Crippen MR) is 161 cm³/mol. The molecule has 0 aliphatic heterocycles. The number of thioether (sulfide) groups is 1. The quantitative estimate of drug-likeness (QED) is 0.146.